The summed E-state index contributed by atoms with van der Waals surface area (Å²) in [5.74, 6) is 1.70. The van der Waals surface area contributed by atoms with Crippen LogP contribution in [0.5, 0.6) is 0 Å². The largest absolute Gasteiger partial charge is 0.326 e. The minimum absolute atomic E-state index is 0.124. The van der Waals surface area contributed by atoms with Crippen molar-refractivity contribution < 1.29 is 0 Å². The highest BCUT2D eigenvalue weighted by molar-refractivity contribution is 6.31. The summed E-state index contributed by atoms with van der Waals surface area (Å²) in [6.45, 7) is 5.58. The normalized spacial score (nSPS) is 25.4. The van der Waals surface area contributed by atoms with Crippen molar-refractivity contribution in [2.24, 2.45) is 17.6 Å². The van der Waals surface area contributed by atoms with Gasteiger partial charge in [0.1, 0.15) is 0 Å². The van der Waals surface area contributed by atoms with Gasteiger partial charge in [0.15, 0.2) is 0 Å². The molecule has 0 heterocycles. The van der Waals surface area contributed by atoms with Gasteiger partial charge in [-0.05, 0) is 43.4 Å². The lowest BCUT2D eigenvalue weighted by atomic mass is 9.96. The molecule has 0 spiro atoms. The van der Waals surface area contributed by atoms with Crippen molar-refractivity contribution in [3.8, 4) is 0 Å². The standard InChI is InChI=1S/C16H25ClN2/c1-4-15(18)16(13-7-5-6-8-14(13)17)19(3)10-12-9-11(12)2/h5-8,11-12,15-16H,4,9-10,18H2,1-3H3. The second kappa shape index (κ2) is 6.25. The second-order valence-corrected chi connectivity index (χ2v) is 6.36. The summed E-state index contributed by atoms with van der Waals surface area (Å²) >= 11 is 6.36. The number of nitrogens with zero attached hydrogens (tertiary/aromatic N) is 1. The van der Waals surface area contributed by atoms with E-state index >= 15 is 0 Å². The fourth-order valence-electron chi connectivity index (χ4n) is 2.87. The van der Waals surface area contributed by atoms with E-state index in [2.05, 4.69) is 31.9 Å². The molecule has 4 unspecified atom stereocenters. The third-order valence-corrected chi connectivity index (χ3v) is 4.72. The Hall–Kier alpha value is -0.570. The summed E-state index contributed by atoms with van der Waals surface area (Å²) in [7, 11) is 2.18. The maximum Gasteiger partial charge on any atom is 0.0511 e. The molecular weight excluding hydrogens is 256 g/mol. The maximum atomic E-state index is 6.36. The molecule has 3 heteroatoms. The Bertz CT molecular complexity index is 421. The first-order valence-electron chi connectivity index (χ1n) is 7.24. The SMILES string of the molecule is CCC(N)C(c1ccccc1Cl)N(C)CC1CC1C. The van der Waals surface area contributed by atoms with Crippen LogP contribution in [0.25, 0.3) is 0 Å². The first-order valence-corrected chi connectivity index (χ1v) is 7.62. The van der Waals surface area contributed by atoms with Gasteiger partial charge in [-0.2, -0.15) is 0 Å². The lowest BCUT2D eigenvalue weighted by Crippen LogP contribution is -2.40. The monoisotopic (exact) mass is 280 g/mol. The summed E-state index contributed by atoms with van der Waals surface area (Å²) in [6, 6.07) is 8.42. The quantitative estimate of drug-likeness (QED) is 0.861. The maximum absolute atomic E-state index is 6.36. The number of rotatable bonds is 6. The molecule has 1 aromatic carbocycles. The highest BCUT2D eigenvalue weighted by Crippen LogP contribution is 2.40. The smallest absolute Gasteiger partial charge is 0.0511 e. The van der Waals surface area contributed by atoms with Crippen LogP contribution in [-0.4, -0.2) is 24.5 Å². The van der Waals surface area contributed by atoms with Crippen LogP contribution in [-0.2, 0) is 0 Å². The molecule has 0 aliphatic heterocycles. The molecule has 4 atom stereocenters. The van der Waals surface area contributed by atoms with E-state index in [1.807, 2.05) is 18.2 Å². The number of hydrogen-bond acceptors (Lipinski definition) is 2. The summed E-state index contributed by atoms with van der Waals surface area (Å²) < 4.78 is 0. The zero-order valence-corrected chi connectivity index (χ0v) is 12.9. The van der Waals surface area contributed by atoms with Crippen molar-refractivity contribution in [1.29, 1.82) is 0 Å². The van der Waals surface area contributed by atoms with E-state index in [1.165, 1.54) is 6.42 Å². The molecule has 1 aromatic rings. The van der Waals surface area contributed by atoms with E-state index in [4.69, 9.17) is 17.3 Å². The average molecular weight is 281 g/mol. The Labute approximate surface area is 121 Å². The minimum atomic E-state index is 0.124. The molecule has 1 aliphatic rings. The fraction of sp³-hybridized carbons (Fsp3) is 0.625. The fourth-order valence-corrected chi connectivity index (χ4v) is 3.12. The number of benzene rings is 1. The van der Waals surface area contributed by atoms with E-state index in [1.54, 1.807) is 0 Å². The van der Waals surface area contributed by atoms with Gasteiger partial charge in [-0.15, -0.1) is 0 Å². The number of nitrogens with two attached hydrogens (primary N) is 1. The molecule has 0 saturated heterocycles. The molecule has 1 fully saturated rings. The zero-order chi connectivity index (χ0) is 14.0. The van der Waals surface area contributed by atoms with Crippen LogP contribution >= 0.6 is 11.6 Å². The van der Waals surface area contributed by atoms with Crippen molar-refractivity contribution in [3.63, 3.8) is 0 Å². The van der Waals surface area contributed by atoms with Crippen molar-refractivity contribution in [1.82, 2.24) is 4.90 Å². The van der Waals surface area contributed by atoms with Crippen molar-refractivity contribution in [3.05, 3.63) is 34.9 Å². The molecule has 1 aliphatic carbocycles. The number of likely N-dealkylation sites (N-methyl/N-ethyl adjacent to an activating group) is 1. The Balaban J connectivity index is 2.18. The highest BCUT2D eigenvalue weighted by atomic mass is 35.5. The summed E-state index contributed by atoms with van der Waals surface area (Å²) in [4.78, 5) is 2.39. The van der Waals surface area contributed by atoms with Crippen molar-refractivity contribution in [2.75, 3.05) is 13.6 Å². The van der Waals surface area contributed by atoms with E-state index in [9.17, 15) is 0 Å². The van der Waals surface area contributed by atoms with Crippen LogP contribution in [0.4, 0.5) is 0 Å². The van der Waals surface area contributed by atoms with E-state index < -0.39 is 0 Å². The lowest BCUT2D eigenvalue weighted by Gasteiger charge is -2.33. The van der Waals surface area contributed by atoms with Crippen LogP contribution in [0, 0.1) is 11.8 Å². The van der Waals surface area contributed by atoms with Crippen LogP contribution < -0.4 is 5.73 Å². The lowest BCUT2D eigenvalue weighted by molar-refractivity contribution is 0.199. The van der Waals surface area contributed by atoms with E-state index in [-0.39, 0.29) is 12.1 Å². The molecule has 2 N–H and O–H groups in total. The summed E-state index contributed by atoms with van der Waals surface area (Å²) in [5.41, 5.74) is 7.51. The van der Waals surface area contributed by atoms with Crippen LogP contribution in [0.2, 0.25) is 5.02 Å². The molecule has 0 radical (unpaired) electrons. The Morgan fingerprint density at radius 1 is 1.42 bits per heavy atom. The topological polar surface area (TPSA) is 29.3 Å². The van der Waals surface area contributed by atoms with Gasteiger partial charge in [-0.3, -0.25) is 4.90 Å². The molecular formula is C16H25ClN2. The van der Waals surface area contributed by atoms with Crippen LogP contribution in [0.3, 0.4) is 0 Å². The van der Waals surface area contributed by atoms with Gasteiger partial charge in [0, 0.05) is 17.6 Å². The summed E-state index contributed by atoms with van der Waals surface area (Å²) in [6.07, 6.45) is 2.31. The van der Waals surface area contributed by atoms with Crippen LogP contribution in [0.1, 0.15) is 38.3 Å². The third kappa shape index (κ3) is 3.50. The van der Waals surface area contributed by atoms with Crippen molar-refractivity contribution in [2.45, 2.75) is 38.8 Å². The predicted molar refractivity (Wildman–Crippen MR) is 82.4 cm³/mol. The van der Waals surface area contributed by atoms with E-state index in [0.29, 0.717) is 0 Å². The Morgan fingerprint density at radius 3 is 2.58 bits per heavy atom. The molecule has 0 bridgehead atoms. The Kier molecular flexibility index (Phi) is 4.88. The predicted octanol–water partition coefficient (Wildman–Crippen LogP) is 3.71. The zero-order valence-electron chi connectivity index (χ0n) is 12.1. The van der Waals surface area contributed by atoms with Gasteiger partial charge in [0.05, 0.1) is 6.04 Å². The van der Waals surface area contributed by atoms with Crippen LogP contribution in [0.15, 0.2) is 24.3 Å². The van der Waals surface area contributed by atoms with Gasteiger partial charge in [-0.25, -0.2) is 0 Å². The summed E-state index contributed by atoms with van der Waals surface area (Å²) in [5, 5.41) is 0.826. The second-order valence-electron chi connectivity index (χ2n) is 5.95. The van der Waals surface area contributed by atoms with Crippen molar-refractivity contribution >= 4 is 11.6 Å². The van der Waals surface area contributed by atoms with Gasteiger partial charge in [0.2, 0.25) is 0 Å². The molecule has 1 saturated carbocycles. The number of halogens is 1. The van der Waals surface area contributed by atoms with Gasteiger partial charge in [0.25, 0.3) is 0 Å². The third-order valence-electron chi connectivity index (χ3n) is 4.37. The molecule has 106 valence electrons. The minimum Gasteiger partial charge on any atom is -0.326 e. The number of hydrogen-bond donors (Lipinski definition) is 1. The van der Waals surface area contributed by atoms with Gasteiger partial charge >= 0.3 is 0 Å². The first kappa shape index (κ1) is 14.8. The molecule has 0 aromatic heterocycles. The molecule has 0 amide bonds. The van der Waals surface area contributed by atoms with E-state index in [0.717, 1.165) is 35.4 Å². The van der Waals surface area contributed by atoms with Gasteiger partial charge in [-0.1, -0.05) is 43.6 Å². The molecule has 2 nitrogen and oxygen atoms in total. The van der Waals surface area contributed by atoms with Gasteiger partial charge < -0.3 is 5.73 Å². The average Bonchev–Trinajstić information content (AvgIpc) is 3.07. The molecule has 19 heavy (non-hydrogen) atoms. The highest BCUT2D eigenvalue weighted by Gasteiger charge is 2.36. The molecule has 2 rings (SSSR count). The Morgan fingerprint density at radius 2 is 2.05 bits per heavy atom. The first-order chi connectivity index (χ1) is 9.04.